The number of aliphatic imine (C=N–C) groups is 1. The van der Waals surface area contributed by atoms with Gasteiger partial charge in [-0.25, -0.2) is 8.42 Å². The Morgan fingerprint density at radius 1 is 1.38 bits per heavy atom. The molecule has 1 fully saturated rings. The number of para-hydroxylation sites is 2. The minimum atomic E-state index is -3.15. The standard InChI is InChI=1S/C18H30N4O3S/c1-18(2,26(5,23)24)13-20-17(19-3)21-14-10-11-22(12-14)15-8-6-7-9-16(15)25-4/h6-9,14H,10-13H2,1-5H3,(H2,19,20,21). The molecule has 1 atom stereocenters. The number of ether oxygens (including phenoxy) is 1. The maximum absolute atomic E-state index is 11.8. The van der Waals surface area contributed by atoms with Gasteiger partial charge in [-0.3, -0.25) is 4.99 Å². The molecule has 1 aliphatic heterocycles. The van der Waals surface area contributed by atoms with E-state index in [1.165, 1.54) is 6.26 Å². The van der Waals surface area contributed by atoms with Crippen LogP contribution in [0.4, 0.5) is 5.69 Å². The van der Waals surface area contributed by atoms with Crippen molar-refractivity contribution >= 4 is 21.5 Å². The molecule has 146 valence electrons. The zero-order chi connectivity index (χ0) is 19.4. The summed E-state index contributed by atoms with van der Waals surface area (Å²) >= 11 is 0. The zero-order valence-corrected chi connectivity index (χ0v) is 17.1. The second-order valence-corrected chi connectivity index (χ2v) is 9.85. The highest BCUT2D eigenvalue weighted by Gasteiger charge is 2.31. The molecule has 0 spiro atoms. The topological polar surface area (TPSA) is 83.0 Å². The van der Waals surface area contributed by atoms with Crippen LogP contribution in [0.2, 0.25) is 0 Å². The molecule has 1 aliphatic rings. The van der Waals surface area contributed by atoms with Gasteiger partial charge in [-0.15, -0.1) is 0 Å². The van der Waals surface area contributed by atoms with Crippen molar-refractivity contribution in [2.45, 2.75) is 31.1 Å². The molecule has 1 aromatic carbocycles. The van der Waals surface area contributed by atoms with Crippen molar-refractivity contribution in [1.29, 1.82) is 0 Å². The summed E-state index contributed by atoms with van der Waals surface area (Å²) in [7, 11) is 0.217. The molecule has 0 saturated carbocycles. The Balaban J connectivity index is 1.94. The first-order valence-corrected chi connectivity index (χ1v) is 10.6. The summed E-state index contributed by atoms with van der Waals surface area (Å²) in [5.41, 5.74) is 1.08. The zero-order valence-electron chi connectivity index (χ0n) is 16.2. The van der Waals surface area contributed by atoms with E-state index in [0.717, 1.165) is 30.9 Å². The minimum Gasteiger partial charge on any atom is -0.495 e. The quantitative estimate of drug-likeness (QED) is 0.569. The Labute approximate surface area is 156 Å². The molecule has 2 rings (SSSR count). The molecule has 8 heteroatoms. The van der Waals surface area contributed by atoms with E-state index in [1.54, 1.807) is 28.0 Å². The lowest BCUT2D eigenvalue weighted by atomic mass is 10.2. The lowest BCUT2D eigenvalue weighted by Crippen LogP contribution is -2.50. The number of methoxy groups -OCH3 is 1. The lowest BCUT2D eigenvalue weighted by molar-refractivity contribution is 0.415. The smallest absolute Gasteiger partial charge is 0.191 e. The third-order valence-electron chi connectivity index (χ3n) is 4.86. The van der Waals surface area contributed by atoms with Gasteiger partial charge in [0.1, 0.15) is 5.75 Å². The Morgan fingerprint density at radius 3 is 2.69 bits per heavy atom. The fourth-order valence-electron chi connectivity index (χ4n) is 2.80. The van der Waals surface area contributed by atoms with E-state index in [9.17, 15) is 8.42 Å². The second-order valence-electron chi connectivity index (χ2n) is 7.21. The molecule has 0 radical (unpaired) electrons. The van der Waals surface area contributed by atoms with Crippen molar-refractivity contribution in [2.75, 3.05) is 44.9 Å². The summed E-state index contributed by atoms with van der Waals surface area (Å²) in [5.74, 6) is 1.49. The first-order chi connectivity index (χ1) is 12.2. The summed E-state index contributed by atoms with van der Waals surface area (Å²) < 4.78 is 28.3. The first-order valence-electron chi connectivity index (χ1n) is 8.72. The molecular formula is C18H30N4O3S. The maximum atomic E-state index is 11.8. The Hall–Kier alpha value is -1.96. The molecule has 0 aromatic heterocycles. The van der Waals surface area contributed by atoms with Gasteiger partial charge in [0.2, 0.25) is 0 Å². The van der Waals surface area contributed by atoms with Crippen LogP contribution in [-0.4, -0.2) is 65.2 Å². The van der Waals surface area contributed by atoms with Crippen molar-refractivity contribution in [1.82, 2.24) is 10.6 Å². The fourth-order valence-corrected chi connectivity index (χ4v) is 3.14. The van der Waals surface area contributed by atoms with Gasteiger partial charge in [0.15, 0.2) is 15.8 Å². The van der Waals surface area contributed by atoms with Crippen LogP contribution in [0.5, 0.6) is 5.75 Å². The number of sulfone groups is 1. The minimum absolute atomic E-state index is 0.229. The van der Waals surface area contributed by atoms with Gasteiger partial charge < -0.3 is 20.3 Å². The van der Waals surface area contributed by atoms with E-state index in [4.69, 9.17) is 4.74 Å². The highest BCUT2D eigenvalue weighted by molar-refractivity contribution is 7.92. The van der Waals surface area contributed by atoms with Crippen LogP contribution in [0, 0.1) is 0 Å². The van der Waals surface area contributed by atoms with E-state index >= 15 is 0 Å². The third-order valence-corrected chi connectivity index (χ3v) is 7.02. The van der Waals surface area contributed by atoms with Crippen molar-refractivity contribution in [3.63, 3.8) is 0 Å². The SMILES string of the molecule is CN=C(NCC(C)(C)S(C)(=O)=O)NC1CCN(c2ccccc2OC)C1. The average molecular weight is 383 g/mol. The van der Waals surface area contributed by atoms with E-state index in [-0.39, 0.29) is 6.04 Å². The van der Waals surface area contributed by atoms with Gasteiger partial charge in [0, 0.05) is 39.0 Å². The number of benzene rings is 1. The highest BCUT2D eigenvalue weighted by Crippen LogP contribution is 2.30. The van der Waals surface area contributed by atoms with E-state index in [1.807, 2.05) is 18.2 Å². The van der Waals surface area contributed by atoms with Gasteiger partial charge >= 0.3 is 0 Å². The van der Waals surface area contributed by atoms with Gasteiger partial charge in [-0.05, 0) is 32.4 Å². The number of nitrogens with one attached hydrogen (secondary N) is 2. The van der Waals surface area contributed by atoms with E-state index in [0.29, 0.717) is 12.5 Å². The monoisotopic (exact) mass is 382 g/mol. The van der Waals surface area contributed by atoms with Crippen LogP contribution in [0.25, 0.3) is 0 Å². The Morgan fingerprint density at radius 2 is 2.08 bits per heavy atom. The normalized spacial score (nSPS) is 18.7. The summed E-state index contributed by atoms with van der Waals surface area (Å²) in [6.45, 7) is 5.47. The predicted octanol–water partition coefficient (Wildman–Crippen LogP) is 1.26. The predicted molar refractivity (Wildman–Crippen MR) is 107 cm³/mol. The Bertz CT molecular complexity index is 747. The number of rotatable bonds is 6. The highest BCUT2D eigenvalue weighted by atomic mass is 32.2. The summed E-state index contributed by atoms with van der Waals surface area (Å²) in [6, 6.07) is 8.22. The average Bonchev–Trinajstić information content (AvgIpc) is 3.05. The molecule has 1 heterocycles. The molecule has 1 aromatic rings. The summed E-state index contributed by atoms with van der Waals surface area (Å²) in [5, 5.41) is 6.53. The van der Waals surface area contributed by atoms with Crippen molar-refractivity contribution < 1.29 is 13.2 Å². The number of guanidine groups is 1. The van der Waals surface area contributed by atoms with Crippen LogP contribution in [0.15, 0.2) is 29.3 Å². The lowest BCUT2D eigenvalue weighted by Gasteiger charge is -2.25. The fraction of sp³-hybridized carbons (Fsp3) is 0.611. The van der Waals surface area contributed by atoms with E-state index in [2.05, 4.69) is 26.6 Å². The number of hydrogen-bond donors (Lipinski definition) is 2. The molecule has 0 aliphatic carbocycles. The summed E-state index contributed by atoms with van der Waals surface area (Å²) in [4.78, 5) is 6.51. The third kappa shape index (κ3) is 4.81. The van der Waals surface area contributed by atoms with Crippen LogP contribution in [0.3, 0.4) is 0 Å². The van der Waals surface area contributed by atoms with Crippen LogP contribution < -0.4 is 20.3 Å². The molecule has 1 unspecified atom stereocenters. The molecule has 1 saturated heterocycles. The van der Waals surface area contributed by atoms with Crippen LogP contribution >= 0.6 is 0 Å². The van der Waals surface area contributed by atoms with E-state index < -0.39 is 14.6 Å². The maximum Gasteiger partial charge on any atom is 0.191 e. The second kappa shape index (κ2) is 8.16. The van der Waals surface area contributed by atoms with Gasteiger partial charge in [0.05, 0.1) is 17.5 Å². The van der Waals surface area contributed by atoms with Crippen molar-refractivity contribution in [2.24, 2.45) is 4.99 Å². The van der Waals surface area contributed by atoms with Gasteiger partial charge in [-0.1, -0.05) is 12.1 Å². The molecule has 0 amide bonds. The summed E-state index contributed by atoms with van der Waals surface area (Å²) in [6.07, 6.45) is 2.22. The number of anilines is 1. The number of hydrogen-bond acceptors (Lipinski definition) is 5. The first kappa shape index (κ1) is 20.4. The molecule has 26 heavy (non-hydrogen) atoms. The van der Waals surface area contributed by atoms with Gasteiger partial charge in [-0.2, -0.15) is 0 Å². The molecule has 0 bridgehead atoms. The number of nitrogens with zero attached hydrogens (tertiary/aromatic N) is 2. The molecule has 2 N–H and O–H groups in total. The molecular weight excluding hydrogens is 352 g/mol. The largest absolute Gasteiger partial charge is 0.495 e. The van der Waals surface area contributed by atoms with Crippen molar-refractivity contribution in [3.8, 4) is 5.75 Å². The van der Waals surface area contributed by atoms with Crippen LogP contribution in [-0.2, 0) is 9.84 Å². The van der Waals surface area contributed by atoms with Gasteiger partial charge in [0.25, 0.3) is 0 Å². The Kier molecular flexibility index (Phi) is 6.39. The van der Waals surface area contributed by atoms with Crippen LogP contribution in [0.1, 0.15) is 20.3 Å². The molecule has 7 nitrogen and oxygen atoms in total. The van der Waals surface area contributed by atoms with Crippen molar-refractivity contribution in [3.05, 3.63) is 24.3 Å².